The van der Waals surface area contributed by atoms with Crippen molar-refractivity contribution in [3.63, 3.8) is 0 Å². The van der Waals surface area contributed by atoms with E-state index in [1.54, 1.807) is 0 Å². The van der Waals surface area contributed by atoms with Crippen molar-refractivity contribution in [2.45, 2.75) is 0 Å². The van der Waals surface area contributed by atoms with Crippen LogP contribution in [0.15, 0.2) is 0 Å². The van der Waals surface area contributed by atoms with E-state index in [9.17, 15) is 0 Å². The van der Waals surface area contributed by atoms with Crippen molar-refractivity contribution in [1.29, 1.82) is 0 Å². The Bertz CT molecular complexity index is 5320. The van der Waals surface area contributed by atoms with Crippen LogP contribution in [0.5, 0.6) is 0 Å². The molecule has 0 atom stereocenters. The molecule has 0 bridgehead atoms. The second-order valence-corrected chi connectivity index (χ2v) is 9.68. The Kier molecular flexibility index (Phi) is 47.4. The molecule has 0 N–H and O–H groups in total. The van der Waals surface area contributed by atoms with Crippen LogP contribution in [0.25, 0.3) is 0 Å². The van der Waals surface area contributed by atoms with E-state index < -0.39 is 0 Å². The molecule has 0 aliphatic rings. The van der Waals surface area contributed by atoms with Gasteiger partial charge in [0.25, 0.3) is 0 Å². The molecule has 0 saturated carbocycles. The molecule has 0 aromatic rings. The predicted octanol–water partition coefficient (Wildman–Crippen LogP) is 0.539. The van der Waals surface area contributed by atoms with Crippen molar-refractivity contribution in [1.82, 2.24) is 0 Å². The summed E-state index contributed by atoms with van der Waals surface area (Å²) in [5.74, 6) is 191. The van der Waals surface area contributed by atoms with Gasteiger partial charge in [-0.1, -0.05) is 0 Å². The van der Waals surface area contributed by atoms with E-state index >= 15 is 0 Å². The maximum atomic E-state index is 6.58. The van der Waals surface area contributed by atoms with Crippen LogP contribution < -0.4 is 0 Å². The molecule has 0 heteroatoms. The highest BCUT2D eigenvalue weighted by Crippen LogP contribution is 1.65. The first-order valence-electron chi connectivity index (χ1n) is 19.6. The third kappa shape index (κ3) is 60.7. The van der Waals surface area contributed by atoms with E-state index in [-0.39, 0.29) is 0 Å². The van der Waals surface area contributed by atoms with Gasteiger partial charge in [-0.05, 0) is 94.7 Å². The second kappa shape index (κ2) is 60.7. The van der Waals surface area contributed by atoms with Gasteiger partial charge >= 0.3 is 0 Å². The number of hydrogen-bond acceptors (Lipinski definition) is 0. The lowest BCUT2D eigenvalue weighted by Gasteiger charge is -1.64. The maximum absolute atomic E-state index is 6.58. The Hall–Kier alpha value is -17.3. The zero-order chi connectivity index (χ0) is 56.4. The number of rotatable bonds is 0. The molecule has 320 valence electrons. The van der Waals surface area contributed by atoms with Crippen molar-refractivity contribution in [3.05, 3.63) is 13.3 Å². The molecule has 79 heavy (non-hydrogen) atoms. The third-order valence-corrected chi connectivity index (χ3v) is 4.78. The standard InChI is InChI=1S/C79H2/c1-3-5-7-9-11-13-15-17-19-21-23-25-27-29-31-33-35-37-39-41-43-45-47-49-51-53-55-57-59-61-63-65-67-69-71-73-75-77-79-78-76-74-72-70-68-66-64-62-60-58-56-54-52-50-48-46-44-42-40-38-36-34-32-30-28-26-24-22-20-18-16-14-12-10-8-6-4-2/h1H2/q-2. The topological polar surface area (TPSA) is 0 Å². The van der Waals surface area contributed by atoms with Crippen molar-refractivity contribution in [2.75, 3.05) is 0 Å². The molecule has 0 heterocycles. The largest absolute Gasteiger partial charge is 0.358 e. The molecule has 0 fully saturated rings. The zero-order valence-corrected chi connectivity index (χ0v) is 39.7. The van der Waals surface area contributed by atoms with Crippen molar-refractivity contribution < 1.29 is 0 Å². The summed E-state index contributed by atoms with van der Waals surface area (Å²) in [5, 5.41) is 0. The fourth-order valence-electron chi connectivity index (χ4n) is 2.36. The van der Waals surface area contributed by atoms with E-state index in [1.165, 1.54) is 0 Å². The monoisotopic (exact) mass is 950 g/mol. The fraction of sp³-hybridized carbons (Fsp3) is 0. The summed E-state index contributed by atoms with van der Waals surface area (Å²) < 4.78 is 0. The highest BCUT2D eigenvalue weighted by atomic mass is 13.7. The predicted molar refractivity (Wildman–Crippen MR) is 308 cm³/mol. The molecule has 0 spiro atoms. The van der Waals surface area contributed by atoms with E-state index in [0.29, 0.717) is 0 Å². The lowest BCUT2D eigenvalue weighted by molar-refractivity contribution is 2.31. The minimum Gasteiger partial charge on any atom is -0.358 e. The molecular formula is C79H2-2. The van der Waals surface area contributed by atoms with Crippen molar-refractivity contribution in [2.24, 2.45) is 0 Å². The average molecular weight is 951 g/mol. The highest BCUT2D eigenvalue weighted by Gasteiger charge is 1.64. The molecule has 0 aliphatic heterocycles. The van der Waals surface area contributed by atoms with E-state index in [4.69, 9.17) is 6.42 Å². The Morgan fingerprint density at radius 2 is 0.165 bits per heavy atom. The second-order valence-electron chi connectivity index (χ2n) is 9.68. The summed E-state index contributed by atoms with van der Waals surface area (Å²) in [6.45, 7) is 3.32. The first kappa shape index (κ1) is 61.7. The van der Waals surface area contributed by atoms with Crippen LogP contribution in [0.4, 0.5) is 0 Å². The molecule has 0 unspecified atom stereocenters. The van der Waals surface area contributed by atoms with Gasteiger partial charge in [0.15, 0.2) is 0 Å². The Morgan fingerprint density at radius 1 is 0.101 bits per heavy atom. The normalized spacial score (nSPS) is 3.94. The van der Waals surface area contributed by atoms with Gasteiger partial charge in [0.05, 0.1) is 0 Å². The first-order chi connectivity index (χ1) is 39.4. The van der Waals surface area contributed by atoms with Crippen LogP contribution in [0, 0.1) is 469 Å². The van der Waals surface area contributed by atoms with Gasteiger partial charge in [-0.2, -0.15) is 6.92 Å². The minimum absolute atomic E-state index is 1.87. The van der Waals surface area contributed by atoms with Gasteiger partial charge in [0, 0.05) is 326 Å². The third-order valence-electron chi connectivity index (χ3n) is 4.78. The van der Waals surface area contributed by atoms with Crippen molar-refractivity contribution in [3.8, 4) is 456 Å². The van der Waals surface area contributed by atoms with Gasteiger partial charge in [-0.25, -0.2) is 11.8 Å². The van der Waals surface area contributed by atoms with Crippen LogP contribution in [0.3, 0.4) is 0 Å². The van der Waals surface area contributed by atoms with Crippen LogP contribution in [0.2, 0.25) is 0 Å². The summed E-state index contributed by atoms with van der Waals surface area (Å²) in [4.78, 5) is 0. The quantitative estimate of drug-likeness (QED) is 0.246. The SMILES string of the molecule is [C-]#CC#CC#CC#CC#CC#CC#CC#CC#CC#CC#CC#CC#CC#CC#CC#CC#CC#CC#CC#CC#CC#CC#CC#CC#CC#CC#CC#CC#CC#CC#CC#CC#CC#CC#CC#CC#CC#CC#C[CH2-]. The fourth-order valence-corrected chi connectivity index (χ4v) is 2.36. The Balaban J connectivity index is 4.62. The summed E-state index contributed by atoms with van der Waals surface area (Å²) >= 11 is 0. The molecule has 0 nitrogen and oxygen atoms in total. The molecule has 0 rings (SSSR count). The molecule has 0 radical (unpaired) electrons. The van der Waals surface area contributed by atoms with E-state index in [0.717, 1.165) is 0 Å². The molecule has 0 amide bonds. The smallest absolute Gasteiger partial charge is 0 e. The average Bonchev–Trinajstić information content (AvgIpc) is 3.46. The Morgan fingerprint density at radius 3 is 0.228 bits per heavy atom. The first-order valence-corrected chi connectivity index (χ1v) is 19.6. The molecule has 0 saturated heterocycles. The van der Waals surface area contributed by atoms with E-state index in [2.05, 4.69) is 457 Å². The van der Waals surface area contributed by atoms with Gasteiger partial charge in [0.2, 0.25) is 0 Å². The van der Waals surface area contributed by atoms with Crippen LogP contribution in [-0.4, -0.2) is 0 Å². The van der Waals surface area contributed by atoms with Crippen LogP contribution in [0.1, 0.15) is 0 Å². The van der Waals surface area contributed by atoms with Gasteiger partial charge in [-0.3, -0.25) is 11.8 Å². The highest BCUT2D eigenvalue weighted by molar-refractivity contribution is 5.54. The van der Waals surface area contributed by atoms with Crippen LogP contribution >= 0.6 is 0 Å². The summed E-state index contributed by atoms with van der Waals surface area (Å²) in [6.07, 6.45) is 6.58. The lowest BCUT2D eigenvalue weighted by Crippen LogP contribution is -1.57. The maximum Gasteiger partial charge on any atom is 0 e. The molecule has 0 aromatic carbocycles. The molecule has 0 aromatic heterocycles. The summed E-state index contributed by atoms with van der Waals surface area (Å²) in [7, 11) is 0. The van der Waals surface area contributed by atoms with E-state index in [1.807, 2.05) is 5.92 Å². The lowest BCUT2D eigenvalue weighted by atomic mass is 10.4. The summed E-state index contributed by atoms with van der Waals surface area (Å²) in [6, 6.07) is 0. The van der Waals surface area contributed by atoms with Gasteiger partial charge in [-0.15, -0.1) is 11.8 Å². The van der Waals surface area contributed by atoms with Crippen molar-refractivity contribution >= 4 is 0 Å². The summed E-state index contributed by atoms with van der Waals surface area (Å²) in [5.41, 5.74) is 0. The zero-order valence-electron chi connectivity index (χ0n) is 39.7. The van der Waals surface area contributed by atoms with Crippen LogP contribution in [-0.2, 0) is 0 Å². The molecule has 0 aliphatic carbocycles. The van der Waals surface area contributed by atoms with Gasteiger partial charge < -0.3 is 6.42 Å². The minimum atomic E-state index is 1.87. The Labute approximate surface area is 466 Å². The van der Waals surface area contributed by atoms with Gasteiger partial charge in [0.1, 0.15) is 0 Å². The molecular weight excluding hydrogens is 949 g/mol. The number of hydrogen-bond donors (Lipinski definition) is 0.